The second-order valence-electron chi connectivity index (χ2n) is 6.93. The van der Waals surface area contributed by atoms with E-state index in [9.17, 15) is 10.1 Å². The van der Waals surface area contributed by atoms with Gasteiger partial charge < -0.3 is 19.6 Å². The molecular formula is C19H21N5O4S. The molecule has 1 aliphatic heterocycles. The van der Waals surface area contributed by atoms with Crippen LogP contribution in [-0.4, -0.2) is 51.1 Å². The number of pyridine rings is 1. The van der Waals surface area contributed by atoms with Crippen LogP contribution in [0, 0.1) is 30.9 Å². The van der Waals surface area contributed by atoms with Crippen LogP contribution in [0.1, 0.15) is 22.0 Å². The van der Waals surface area contributed by atoms with Gasteiger partial charge in [-0.25, -0.2) is 4.98 Å². The van der Waals surface area contributed by atoms with Crippen molar-refractivity contribution in [1.82, 2.24) is 19.9 Å². The van der Waals surface area contributed by atoms with Crippen LogP contribution in [0.5, 0.6) is 11.6 Å². The van der Waals surface area contributed by atoms with Crippen LogP contribution in [-0.2, 0) is 11.3 Å². The van der Waals surface area contributed by atoms with Gasteiger partial charge in [-0.1, -0.05) is 0 Å². The third-order valence-electron chi connectivity index (χ3n) is 4.87. The van der Waals surface area contributed by atoms with Crippen molar-refractivity contribution in [3.05, 3.63) is 44.2 Å². The Morgan fingerprint density at radius 2 is 1.97 bits per heavy atom. The topological polar surface area (TPSA) is 104 Å². The van der Waals surface area contributed by atoms with Crippen LogP contribution in [0.2, 0.25) is 0 Å². The second kappa shape index (κ2) is 7.97. The van der Waals surface area contributed by atoms with Crippen LogP contribution in [0.3, 0.4) is 0 Å². The highest BCUT2D eigenvalue weighted by Crippen LogP contribution is 2.38. The first-order chi connectivity index (χ1) is 13.9. The number of aryl methyl sites for hydroxylation is 3. The molecule has 0 saturated carbocycles. The Balaban J connectivity index is 1.77. The van der Waals surface area contributed by atoms with Gasteiger partial charge in [-0.2, -0.15) is 4.98 Å². The first-order valence-electron chi connectivity index (χ1n) is 9.29. The van der Waals surface area contributed by atoms with E-state index in [2.05, 4.69) is 14.9 Å². The molecule has 29 heavy (non-hydrogen) atoms. The van der Waals surface area contributed by atoms with Crippen molar-refractivity contribution >= 4 is 27.4 Å². The van der Waals surface area contributed by atoms with Crippen LogP contribution in [0.25, 0.3) is 10.2 Å². The van der Waals surface area contributed by atoms with E-state index in [1.165, 1.54) is 0 Å². The van der Waals surface area contributed by atoms with Gasteiger partial charge in [0.2, 0.25) is 11.6 Å². The predicted octanol–water partition coefficient (Wildman–Crippen LogP) is 3.54. The zero-order chi connectivity index (χ0) is 20.5. The standard InChI is InChI=1S/C19H21N5O4S/c1-11-4-5-14(17(20-11)24(25)26)28-18-16-12(2)13(3)29-19(16)22-15(21-18)10-23-6-8-27-9-7-23/h4-5H,6-10H2,1-3H3. The molecule has 0 N–H and O–H groups in total. The minimum atomic E-state index is -0.541. The molecule has 0 atom stereocenters. The van der Waals surface area contributed by atoms with Crippen molar-refractivity contribution in [2.45, 2.75) is 27.3 Å². The van der Waals surface area contributed by atoms with Crippen molar-refractivity contribution in [2.75, 3.05) is 26.3 Å². The highest BCUT2D eigenvalue weighted by molar-refractivity contribution is 7.18. The van der Waals surface area contributed by atoms with Gasteiger partial charge in [-0.15, -0.1) is 11.3 Å². The molecule has 3 aromatic rings. The molecule has 4 heterocycles. The Kier molecular flexibility index (Phi) is 5.39. The van der Waals surface area contributed by atoms with Crippen molar-refractivity contribution in [1.29, 1.82) is 0 Å². The summed E-state index contributed by atoms with van der Waals surface area (Å²) < 4.78 is 11.4. The minimum Gasteiger partial charge on any atom is -0.429 e. The number of hydrogen-bond donors (Lipinski definition) is 0. The molecule has 0 radical (unpaired) electrons. The predicted molar refractivity (Wildman–Crippen MR) is 109 cm³/mol. The van der Waals surface area contributed by atoms with E-state index in [1.54, 1.807) is 30.4 Å². The van der Waals surface area contributed by atoms with E-state index in [0.29, 0.717) is 37.2 Å². The number of thiophene rings is 1. The van der Waals surface area contributed by atoms with Crippen molar-refractivity contribution in [3.63, 3.8) is 0 Å². The van der Waals surface area contributed by atoms with Crippen molar-refractivity contribution in [3.8, 4) is 11.6 Å². The lowest BCUT2D eigenvalue weighted by Crippen LogP contribution is -2.36. The smallest absolute Gasteiger partial charge is 0.407 e. The molecule has 1 saturated heterocycles. The number of hydrogen-bond acceptors (Lipinski definition) is 9. The molecule has 1 aliphatic rings. The molecule has 0 aliphatic carbocycles. The van der Waals surface area contributed by atoms with E-state index in [-0.39, 0.29) is 11.6 Å². The van der Waals surface area contributed by atoms with Gasteiger partial charge in [0.15, 0.2) is 0 Å². The summed E-state index contributed by atoms with van der Waals surface area (Å²) in [5.41, 5.74) is 1.56. The van der Waals surface area contributed by atoms with E-state index >= 15 is 0 Å². The maximum Gasteiger partial charge on any atom is 0.407 e. The average molecular weight is 415 g/mol. The fraction of sp³-hybridized carbons (Fsp3) is 0.421. The van der Waals surface area contributed by atoms with Gasteiger partial charge in [0, 0.05) is 24.9 Å². The molecule has 4 rings (SSSR count). The third-order valence-corrected chi connectivity index (χ3v) is 5.97. The highest BCUT2D eigenvalue weighted by atomic mass is 32.1. The van der Waals surface area contributed by atoms with E-state index in [4.69, 9.17) is 14.5 Å². The molecule has 10 heteroatoms. The number of rotatable bonds is 5. The van der Waals surface area contributed by atoms with Gasteiger partial charge in [-0.3, -0.25) is 4.90 Å². The van der Waals surface area contributed by atoms with Gasteiger partial charge in [0.25, 0.3) is 0 Å². The quantitative estimate of drug-likeness (QED) is 0.460. The summed E-state index contributed by atoms with van der Waals surface area (Å²) in [6.45, 7) is 9.26. The van der Waals surface area contributed by atoms with Gasteiger partial charge in [-0.05, 0) is 41.5 Å². The summed E-state index contributed by atoms with van der Waals surface area (Å²) in [6, 6.07) is 3.24. The van der Waals surface area contributed by atoms with E-state index < -0.39 is 4.92 Å². The highest BCUT2D eigenvalue weighted by Gasteiger charge is 2.23. The fourth-order valence-corrected chi connectivity index (χ4v) is 4.24. The Morgan fingerprint density at radius 3 is 2.69 bits per heavy atom. The SMILES string of the molecule is Cc1ccc(Oc2nc(CN3CCOCC3)nc3sc(C)c(C)c23)c([N+](=O)[O-])n1. The fourth-order valence-electron chi connectivity index (χ4n) is 3.20. The first-order valence-corrected chi connectivity index (χ1v) is 10.1. The van der Waals surface area contributed by atoms with Gasteiger partial charge >= 0.3 is 5.82 Å². The van der Waals surface area contributed by atoms with Gasteiger partial charge in [0.1, 0.15) is 16.3 Å². The largest absolute Gasteiger partial charge is 0.429 e. The lowest BCUT2D eigenvalue weighted by atomic mass is 10.2. The Bertz CT molecular complexity index is 1080. The van der Waals surface area contributed by atoms with Gasteiger partial charge in [0.05, 0.1) is 25.1 Å². The monoisotopic (exact) mass is 415 g/mol. The van der Waals surface area contributed by atoms with Crippen LogP contribution >= 0.6 is 11.3 Å². The molecular weight excluding hydrogens is 394 g/mol. The molecule has 9 nitrogen and oxygen atoms in total. The summed E-state index contributed by atoms with van der Waals surface area (Å²) in [4.78, 5) is 28.4. The third kappa shape index (κ3) is 4.04. The lowest BCUT2D eigenvalue weighted by molar-refractivity contribution is -0.390. The number of nitro groups is 1. The summed E-state index contributed by atoms with van der Waals surface area (Å²) in [5, 5.41) is 12.2. The molecule has 0 aromatic carbocycles. The number of nitrogens with zero attached hydrogens (tertiary/aromatic N) is 5. The molecule has 0 amide bonds. The number of aromatic nitrogens is 3. The summed E-state index contributed by atoms with van der Waals surface area (Å²) >= 11 is 1.57. The number of ether oxygens (including phenoxy) is 2. The van der Waals surface area contributed by atoms with Crippen molar-refractivity contribution < 1.29 is 14.4 Å². The zero-order valence-electron chi connectivity index (χ0n) is 16.5. The summed E-state index contributed by atoms with van der Waals surface area (Å²) in [7, 11) is 0. The molecule has 3 aromatic heterocycles. The van der Waals surface area contributed by atoms with E-state index in [0.717, 1.165) is 33.7 Å². The maximum atomic E-state index is 11.4. The van der Waals surface area contributed by atoms with Crippen LogP contribution in [0.4, 0.5) is 5.82 Å². The summed E-state index contributed by atoms with van der Waals surface area (Å²) in [5.74, 6) is 0.699. The normalized spacial score (nSPS) is 15.0. The molecule has 1 fully saturated rings. The molecule has 0 unspecified atom stereocenters. The molecule has 152 valence electrons. The average Bonchev–Trinajstić information content (AvgIpc) is 2.98. The minimum absolute atomic E-state index is 0.0705. The second-order valence-corrected chi connectivity index (χ2v) is 8.13. The van der Waals surface area contributed by atoms with Crippen LogP contribution < -0.4 is 4.74 Å². The molecule has 0 bridgehead atoms. The zero-order valence-corrected chi connectivity index (χ0v) is 17.3. The lowest BCUT2D eigenvalue weighted by Gasteiger charge is -2.25. The molecule has 0 spiro atoms. The van der Waals surface area contributed by atoms with E-state index in [1.807, 2.05) is 13.8 Å². The summed E-state index contributed by atoms with van der Waals surface area (Å²) in [6.07, 6.45) is 0. The van der Waals surface area contributed by atoms with Crippen LogP contribution in [0.15, 0.2) is 12.1 Å². The first kappa shape index (κ1) is 19.6. The van der Waals surface area contributed by atoms with Crippen molar-refractivity contribution in [2.24, 2.45) is 0 Å². The number of fused-ring (bicyclic) bond motifs is 1. The number of morpholine rings is 1. The Morgan fingerprint density at radius 1 is 1.21 bits per heavy atom. The Labute approximate surface area is 171 Å². The maximum absolute atomic E-state index is 11.4. The Hall–Kier alpha value is -2.69.